The molecule has 4 rings (SSSR count). The molecule has 3 aromatic carbocycles. The van der Waals surface area contributed by atoms with Crippen molar-refractivity contribution in [3.8, 4) is 11.3 Å². The lowest BCUT2D eigenvalue weighted by molar-refractivity contribution is -0.384. The maximum absolute atomic E-state index is 11.3. The van der Waals surface area contributed by atoms with E-state index in [4.69, 9.17) is 10.2 Å². The second-order valence-corrected chi connectivity index (χ2v) is 7.93. The van der Waals surface area contributed by atoms with Gasteiger partial charge in [0.15, 0.2) is 0 Å². The Morgan fingerprint density at radius 2 is 1.41 bits per heavy atom. The van der Waals surface area contributed by atoms with E-state index in [0.29, 0.717) is 6.54 Å². The fourth-order valence-corrected chi connectivity index (χ4v) is 3.67. The molecular weight excluding hydrogens is 480 g/mol. The van der Waals surface area contributed by atoms with Crippen LogP contribution >= 0.6 is 0 Å². The smallest absolute Gasteiger partial charge is 0.337 e. The SMILES string of the molecule is Cc1c(C(=O)O)cccc1C(=O)O.O=C(O)c1cc(-c2ccccc2)n(Cc2cccc([N+](=O)[O-])c2)c1. The topological polar surface area (TPSA) is 160 Å². The molecule has 1 heterocycles. The lowest BCUT2D eigenvalue weighted by atomic mass is 10.0. The fourth-order valence-electron chi connectivity index (χ4n) is 3.67. The van der Waals surface area contributed by atoms with Crippen molar-refractivity contribution in [3.63, 3.8) is 0 Å². The highest BCUT2D eigenvalue weighted by Crippen LogP contribution is 2.24. The minimum Gasteiger partial charge on any atom is -0.478 e. The summed E-state index contributed by atoms with van der Waals surface area (Å²) in [5.41, 5.74) is 2.89. The summed E-state index contributed by atoms with van der Waals surface area (Å²) in [7, 11) is 0. The average molecular weight is 502 g/mol. The third-order valence-electron chi connectivity index (χ3n) is 5.48. The molecule has 3 N–H and O–H groups in total. The van der Waals surface area contributed by atoms with Crippen molar-refractivity contribution in [1.82, 2.24) is 4.57 Å². The van der Waals surface area contributed by atoms with Gasteiger partial charge in [-0.15, -0.1) is 0 Å². The van der Waals surface area contributed by atoms with Gasteiger partial charge in [-0.05, 0) is 41.8 Å². The maximum atomic E-state index is 11.3. The van der Waals surface area contributed by atoms with Gasteiger partial charge in [-0.2, -0.15) is 0 Å². The largest absolute Gasteiger partial charge is 0.478 e. The molecule has 0 saturated heterocycles. The minimum atomic E-state index is -1.11. The monoisotopic (exact) mass is 502 g/mol. The Morgan fingerprint density at radius 1 is 0.811 bits per heavy atom. The van der Waals surface area contributed by atoms with Crippen molar-refractivity contribution in [2.24, 2.45) is 0 Å². The third-order valence-corrected chi connectivity index (χ3v) is 5.48. The van der Waals surface area contributed by atoms with Crippen LogP contribution in [0, 0.1) is 17.0 Å². The number of carboxylic acid groups (broad SMARTS) is 3. The zero-order chi connectivity index (χ0) is 27.1. The van der Waals surface area contributed by atoms with Crippen LogP contribution in [-0.2, 0) is 6.54 Å². The van der Waals surface area contributed by atoms with E-state index in [1.807, 2.05) is 30.3 Å². The van der Waals surface area contributed by atoms with Crippen LogP contribution in [0.3, 0.4) is 0 Å². The van der Waals surface area contributed by atoms with Crippen molar-refractivity contribution in [2.75, 3.05) is 0 Å². The van der Waals surface area contributed by atoms with Crippen molar-refractivity contribution in [1.29, 1.82) is 0 Å². The molecule has 0 aliphatic rings. The van der Waals surface area contributed by atoms with Crippen molar-refractivity contribution >= 4 is 23.6 Å². The van der Waals surface area contributed by atoms with Crippen LogP contribution < -0.4 is 0 Å². The highest BCUT2D eigenvalue weighted by molar-refractivity contribution is 5.96. The quantitative estimate of drug-likeness (QED) is 0.230. The highest BCUT2D eigenvalue weighted by Gasteiger charge is 2.15. The number of carbonyl (C=O) groups is 3. The van der Waals surface area contributed by atoms with Gasteiger partial charge in [-0.3, -0.25) is 10.1 Å². The molecule has 0 spiro atoms. The third kappa shape index (κ3) is 6.45. The van der Waals surface area contributed by atoms with Gasteiger partial charge in [0, 0.05) is 30.6 Å². The molecule has 0 unspecified atom stereocenters. The second kappa shape index (κ2) is 11.5. The number of nitrogens with zero attached hydrogens (tertiary/aromatic N) is 2. The van der Waals surface area contributed by atoms with E-state index in [1.54, 1.807) is 29.0 Å². The number of carboxylic acids is 3. The predicted molar refractivity (Wildman–Crippen MR) is 134 cm³/mol. The van der Waals surface area contributed by atoms with Crippen LogP contribution in [-0.4, -0.2) is 42.7 Å². The summed E-state index contributed by atoms with van der Waals surface area (Å²) in [6.45, 7) is 1.83. The molecule has 1 aromatic heterocycles. The molecule has 0 saturated carbocycles. The Balaban J connectivity index is 0.000000248. The van der Waals surface area contributed by atoms with Gasteiger partial charge in [0.25, 0.3) is 5.69 Å². The lowest BCUT2D eigenvalue weighted by Crippen LogP contribution is -2.06. The summed E-state index contributed by atoms with van der Waals surface area (Å²) in [5, 5.41) is 37.5. The molecule has 0 atom stereocenters. The van der Waals surface area contributed by atoms with Crippen LogP contribution in [0.4, 0.5) is 5.69 Å². The zero-order valence-corrected chi connectivity index (χ0v) is 19.6. The molecule has 0 bridgehead atoms. The Morgan fingerprint density at radius 3 is 1.95 bits per heavy atom. The molecule has 0 aliphatic carbocycles. The van der Waals surface area contributed by atoms with Crippen LogP contribution in [0.25, 0.3) is 11.3 Å². The lowest BCUT2D eigenvalue weighted by Gasteiger charge is -2.09. The number of rotatable bonds is 7. The van der Waals surface area contributed by atoms with Crippen molar-refractivity contribution in [3.05, 3.63) is 123 Å². The molecule has 0 radical (unpaired) electrons. The van der Waals surface area contributed by atoms with Crippen LogP contribution in [0.2, 0.25) is 0 Å². The summed E-state index contributed by atoms with van der Waals surface area (Å²) in [5.74, 6) is -3.23. The van der Waals surface area contributed by atoms with Gasteiger partial charge < -0.3 is 19.9 Å². The standard InChI is InChI=1S/C18H14N2O4.C9H8O4/c21-18(22)15-10-17(14-6-2-1-3-7-14)19(12-15)11-13-5-4-8-16(9-13)20(23)24;1-5-6(8(10)11)3-2-4-7(5)9(12)13/h1-10,12H,11H2,(H,21,22);2-4H,1H3,(H,10,11)(H,12,13). The molecule has 188 valence electrons. The molecular formula is C27H22N2O8. The van der Waals surface area contributed by atoms with E-state index in [2.05, 4.69) is 0 Å². The van der Waals surface area contributed by atoms with Crippen LogP contribution in [0.5, 0.6) is 0 Å². The van der Waals surface area contributed by atoms with Crippen LogP contribution in [0.15, 0.2) is 85.1 Å². The van der Waals surface area contributed by atoms with Crippen molar-refractivity contribution in [2.45, 2.75) is 13.5 Å². The normalized spacial score (nSPS) is 10.2. The van der Waals surface area contributed by atoms with Crippen molar-refractivity contribution < 1.29 is 34.6 Å². The Kier molecular flexibility index (Phi) is 8.16. The van der Waals surface area contributed by atoms with E-state index in [1.165, 1.54) is 37.3 Å². The molecule has 10 nitrogen and oxygen atoms in total. The Hall–Kier alpha value is -5.25. The first kappa shape index (κ1) is 26.4. The van der Waals surface area contributed by atoms with Gasteiger partial charge >= 0.3 is 17.9 Å². The van der Waals surface area contributed by atoms with Crippen LogP contribution in [0.1, 0.15) is 42.2 Å². The van der Waals surface area contributed by atoms with E-state index in [-0.39, 0.29) is 27.9 Å². The number of aromatic carboxylic acids is 3. The summed E-state index contributed by atoms with van der Waals surface area (Å²) in [4.78, 5) is 43.0. The van der Waals surface area contributed by atoms with Gasteiger partial charge in [0.05, 0.1) is 21.6 Å². The average Bonchev–Trinajstić information content (AvgIpc) is 3.29. The summed E-state index contributed by atoms with van der Waals surface area (Å²) >= 11 is 0. The molecule has 0 fully saturated rings. The van der Waals surface area contributed by atoms with E-state index >= 15 is 0 Å². The number of aromatic nitrogens is 1. The minimum absolute atomic E-state index is 0.0133. The summed E-state index contributed by atoms with van der Waals surface area (Å²) in [6.07, 6.45) is 1.55. The molecule has 4 aromatic rings. The highest BCUT2D eigenvalue weighted by atomic mass is 16.6. The first-order valence-electron chi connectivity index (χ1n) is 10.9. The Bertz CT molecular complexity index is 1440. The first-order valence-corrected chi connectivity index (χ1v) is 10.9. The molecule has 37 heavy (non-hydrogen) atoms. The molecule has 0 amide bonds. The first-order chi connectivity index (χ1) is 17.6. The number of benzene rings is 3. The summed E-state index contributed by atoms with van der Waals surface area (Å²) < 4.78 is 1.79. The molecule has 0 aliphatic heterocycles. The number of hydrogen-bond donors (Lipinski definition) is 3. The van der Waals surface area contributed by atoms with E-state index in [0.717, 1.165) is 16.8 Å². The number of nitro groups is 1. The summed E-state index contributed by atoms with van der Waals surface area (Å²) in [6, 6.07) is 21.5. The zero-order valence-electron chi connectivity index (χ0n) is 19.6. The van der Waals surface area contributed by atoms with Gasteiger partial charge in [0.2, 0.25) is 0 Å². The van der Waals surface area contributed by atoms with Gasteiger partial charge in [-0.25, -0.2) is 14.4 Å². The van der Waals surface area contributed by atoms with Gasteiger partial charge in [0.1, 0.15) is 0 Å². The predicted octanol–water partition coefficient (Wildman–Crippen LogP) is 5.20. The van der Waals surface area contributed by atoms with Gasteiger partial charge in [-0.1, -0.05) is 48.5 Å². The number of hydrogen-bond acceptors (Lipinski definition) is 5. The van der Waals surface area contributed by atoms with E-state index < -0.39 is 22.8 Å². The second-order valence-electron chi connectivity index (χ2n) is 7.93. The number of non-ortho nitro benzene ring substituents is 1. The maximum Gasteiger partial charge on any atom is 0.337 e. The van der Waals surface area contributed by atoms with E-state index in [9.17, 15) is 29.6 Å². The number of nitro benzene ring substituents is 1. The fraction of sp³-hybridized carbons (Fsp3) is 0.0741. The Labute approximate surface area is 210 Å². The molecule has 10 heteroatoms.